The zero-order chi connectivity index (χ0) is 19.8. The molecule has 2 atom stereocenters. The third-order valence-electron chi connectivity index (χ3n) is 5.33. The van der Waals surface area contributed by atoms with Crippen LogP contribution in [0.2, 0.25) is 10.0 Å². The number of anilines is 2. The Hall–Kier alpha value is -2.30. The maximum Gasteiger partial charge on any atom is 0.227 e. The first kappa shape index (κ1) is 19.0. The van der Waals surface area contributed by atoms with E-state index in [9.17, 15) is 9.59 Å². The van der Waals surface area contributed by atoms with E-state index in [0.717, 1.165) is 22.6 Å². The maximum absolute atomic E-state index is 13.1. The van der Waals surface area contributed by atoms with E-state index >= 15 is 0 Å². The molecule has 2 aromatic carbocycles. The summed E-state index contributed by atoms with van der Waals surface area (Å²) in [6, 6.07) is 12.5. The second-order valence-corrected chi connectivity index (χ2v) is 7.83. The number of fused-ring (bicyclic) bond motifs is 2. The summed E-state index contributed by atoms with van der Waals surface area (Å²) in [5, 5.41) is 4.26. The zero-order valence-electron chi connectivity index (χ0n) is 15.4. The molecule has 0 spiro atoms. The van der Waals surface area contributed by atoms with Crippen LogP contribution < -0.4 is 10.2 Å². The van der Waals surface area contributed by atoms with Gasteiger partial charge in [-0.2, -0.15) is 0 Å². The Morgan fingerprint density at radius 2 is 1.96 bits per heavy atom. The summed E-state index contributed by atoms with van der Waals surface area (Å²) in [4.78, 5) is 27.9. The molecule has 2 aromatic rings. The van der Waals surface area contributed by atoms with Crippen LogP contribution in [-0.4, -0.2) is 11.7 Å². The lowest BCUT2D eigenvalue weighted by Gasteiger charge is -2.36. The van der Waals surface area contributed by atoms with Crippen molar-refractivity contribution in [2.45, 2.75) is 32.2 Å². The molecule has 144 valence electrons. The Balaban J connectivity index is 1.99. The van der Waals surface area contributed by atoms with E-state index in [1.54, 1.807) is 17.0 Å². The van der Waals surface area contributed by atoms with Gasteiger partial charge in [0.25, 0.3) is 0 Å². The molecule has 4 rings (SSSR count). The number of amides is 1. The van der Waals surface area contributed by atoms with E-state index in [1.165, 1.54) is 0 Å². The van der Waals surface area contributed by atoms with Crippen molar-refractivity contribution in [1.82, 2.24) is 0 Å². The summed E-state index contributed by atoms with van der Waals surface area (Å²) in [5.74, 6) is -0.415. The topological polar surface area (TPSA) is 49.4 Å². The summed E-state index contributed by atoms with van der Waals surface area (Å²) < 4.78 is 0. The van der Waals surface area contributed by atoms with E-state index < -0.39 is 12.0 Å². The van der Waals surface area contributed by atoms with Crippen LogP contribution in [0.15, 0.2) is 54.2 Å². The lowest BCUT2D eigenvalue weighted by Crippen LogP contribution is -2.41. The van der Waals surface area contributed by atoms with Crippen LogP contribution in [0.5, 0.6) is 0 Å². The molecule has 1 aliphatic heterocycles. The van der Waals surface area contributed by atoms with Crippen LogP contribution >= 0.6 is 23.2 Å². The van der Waals surface area contributed by atoms with E-state index in [4.69, 9.17) is 23.2 Å². The number of para-hydroxylation sites is 2. The van der Waals surface area contributed by atoms with E-state index in [0.29, 0.717) is 29.3 Å². The second-order valence-electron chi connectivity index (χ2n) is 7.02. The van der Waals surface area contributed by atoms with E-state index in [-0.39, 0.29) is 11.7 Å². The van der Waals surface area contributed by atoms with Crippen LogP contribution in [0.25, 0.3) is 0 Å². The van der Waals surface area contributed by atoms with Crippen molar-refractivity contribution in [1.29, 1.82) is 0 Å². The highest BCUT2D eigenvalue weighted by molar-refractivity contribution is 6.42. The Morgan fingerprint density at radius 3 is 2.71 bits per heavy atom. The van der Waals surface area contributed by atoms with E-state index in [2.05, 4.69) is 11.4 Å². The standard InChI is InChI=1S/C22H20Cl2N2O2/c1-2-20(28)26-18-8-4-3-6-16(18)25-17-7-5-9-19(27)21(17)22(26)13-10-11-14(23)15(24)12-13/h3-4,6-8,10-12,21-22,25H,2,5,9H2,1H3/t21-,22-/m1/s1. The number of hydrogen-bond donors (Lipinski definition) is 1. The first-order valence-electron chi connectivity index (χ1n) is 9.37. The third-order valence-corrected chi connectivity index (χ3v) is 6.07. The van der Waals surface area contributed by atoms with Gasteiger partial charge in [0.2, 0.25) is 5.91 Å². The zero-order valence-corrected chi connectivity index (χ0v) is 16.9. The molecule has 1 heterocycles. The molecule has 28 heavy (non-hydrogen) atoms. The van der Waals surface area contributed by atoms with Gasteiger partial charge in [0.05, 0.1) is 33.4 Å². The molecule has 0 saturated carbocycles. The predicted molar refractivity (Wildman–Crippen MR) is 113 cm³/mol. The lowest BCUT2D eigenvalue weighted by atomic mass is 9.81. The van der Waals surface area contributed by atoms with Crippen LogP contribution in [-0.2, 0) is 9.59 Å². The second kappa shape index (κ2) is 7.61. The van der Waals surface area contributed by atoms with Crippen LogP contribution in [0.3, 0.4) is 0 Å². The molecular weight excluding hydrogens is 395 g/mol. The van der Waals surface area contributed by atoms with Gasteiger partial charge in [-0.1, -0.05) is 54.4 Å². The molecule has 0 radical (unpaired) electrons. The van der Waals surface area contributed by atoms with Crippen LogP contribution in [0, 0.1) is 5.92 Å². The number of ketones is 1. The lowest BCUT2D eigenvalue weighted by molar-refractivity contribution is -0.123. The predicted octanol–water partition coefficient (Wildman–Crippen LogP) is 5.77. The molecule has 6 heteroatoms. The molecular formula is C22H20Cl2N2O2. The third kappa shape index (κ3) is 3.21. The highest BCUT2D eigenvalue weighted by atomic mass is 35.5. The monoisotopic (exact) mass is 414 g/mol. The summed E-state index contributed by atoms with van der Waals surface area (Å²) >= 11 is 12.4. The number of allylic oxidation sites excluding steroid dienone is 1. The minimum Gasteiger partial charge on any atom is -0.357 e. The first-order chi connectivity index (χ1) is 13.5. The Bertz CT molecular complexity index is 986. The van der Waals surface area contributed by atoms with Crippen molar-refractivity contribution in [2.24, 2.45) is 5.92 Å². The summed E-state index contributed by atoms with van der Waals surface area (Å²) in [6.07, 6.45) is 3.53. The van der Waals surface area contributed by atoms with Gasteiger partial charge in [0, 0.05) is 18.5 Å². The molecule has 0 aromatic heterocycles. The number of carbonyl (C=O) groups is 2. The molecule has 0 saturated heterocycles. The molecule has 1 N–H and O–H groups in total. The molecule has 2 aliphatic rings. The maximum atomic E-state index is 13.1. The van der Waals surface area contributed by atoms with Crippen molar-refractivity contribution in [3.05, 3.63) is 69.8 Å². The van der Waals surface area contributed by atoms with Crippen molar-refractivity contribution in [3.63, 3.8) is 0 Å². The SMILES string of the molecule is CCC(=O)N1c2ccccc2NC2=CCCC(=O)[C@@H]2[C@H]1c1ccc(Cl)c(Cl)c1. The number of Topliss-reactive ketones (excluding diaryl/α,β-unsaturated/α-hetero) is 1. The number of rotatable bonds is 2. The fraction of sp³-hybridized carbons (Fsp3) is 0.273. The molecule has 1 amide bonds. The smallest absolute Gasteiger partial charge is 0.227 e. The van der Waals surface area contributed by atoms with Crippen LogP contribution in [0.1, 0.15) is 37.8 Å². The number of carbonyl (C=O) groups excluding carboxylic acids is 2. The number of halogens is 2. The largest absolute Gasteiger partial charge is 0.357 e. The van der Waals surface area contributed by atoms with Gasteiger partial charge in [-0.15, -0.1) is 0 Å². The fourth-order valence-electron chi connectivity index (χ4n) is 4.04. The molecule has 4 nitrogen and oxygen atoms in total. The molecule has 1 aliphatic carbocycles. The number of nitrogens with one attached hydrogen (secondary N) is 1. The number of benzene rings is 2. The van der Waals surface area contributed by atoms with Crippen molar-refractivity contribution in [3.8, 4) is 0 Å². The average molecular weight is 415 g/mol. The van der Waals surface area contributed by atoms with Gasteiger partial charge in [0.15, 0.2) is 0 Å². The van der Waals surface area contributed by atoms with Gasteiger partial charge in [-0.25, -0.2) is 0 Å². The van der Waals surface area contributed by atoms with Gasteiger partial charge in [-0.3, -0.25) is 9.59 Å². The van der Waals surface area contributed by atoms with E-state index in [1.807, 2.05) is 37.3 Å². The van der Waals surface area contributed by atoms with Gasteiger partial charge in [0.1, 0.15) is 5.78 Å². The summed E-state index contributed by atoms with van der Waals surface area (Å²) in [6.45, 7) is 1.83. The number of hydrogen-bond acceptors (Lipinski definition) is 3. The molecule has 0 bridgehead atoms. The quantitative estimate of drug-likeness (QED) is 0.678. The Kier molecular flexibility index (Phi) is 5.17. The minimum absolute atomic E-state index is 0.0510. The highest BCUT2D eigenvalue weighted by Gasteiger charge is 2.43. The van der Waals surface area contributed by atoms with Gasteiger partial charge in [-0.05, 0) is 36.2 Å². The van der Waals surface area contributed by atoms with Crippen molar-refractivity contribution < 1.29 is 9.59 Å². The fourth-order valence-corrected chi connectivity index (χ4v) is 4.35. The van der Waals surface area contributed by atoms with Crippen LogP contribution in [0.4, 0.5) is 11.4 Å². The van der Waals surface area contributed by atoms with Crippen molar-refractivity contribution >= 4 is 46.3 Å². The Morgan fingerprint density at radius 1 is 1.18 bits per heavy atom. The van der Waals surface area contributed by atoms with Gasteiger partial charge < -0.3 is 10.2 Å². The highest BCUT2D eigenvalue weighted by Crippen LogP contribution is 2.46. The normalized spacial score (nSPS) is 21.2. The molecule has 0 unspecified atom stereocenters. The molecule has 0 fully saturated rings. The average Bonchev–Trinajstić information content (AvgIpc) is 2.84. The number of nitrogens with zero attached hydrogens (tertiary/aromatic N) is 1. The summed E-state index contributed by atoms with van der Waals surface area (Å²) in [7, 11) is 0. The Labute approximate surface area is 174 Å². The minimum atomic E-state index is -0.489. The first-order valence-corrected chi connectivity index (χ1v) is 10.1. The van der Waals surface area contributed by atoms with Gasteiger partial charge >= 0.3 is 0 Å². The summed E-state index contributed by atoms with van der Waals surface area (Å²) in [5.41, 5.74) is 3.21. The van der Waals surface area contributed by atoms with Crippen molar-refractivity contribution in [2.75, 3.05) is 10.2 Å².